The van der Waals surface area contributed by atoms with Gasteiger partial charge < -0.3 is 4.90 Å². The smallest absolute Gasteiger partial charge is 0.126 e. The summed E-state index contributed by atoms with van der Waals surface area (Å²) in [5.74, 6) is 0.779. The number of rotatable bonds is 6. The molecule has 0 N–H and O–H groups in total. The van der Waals surface area contributed by atoms with Gasteiger partial charge in [0, 0.05) is 11.0 Å². The first-order valence-electron chi connectivity index (χ1n) is 5.37. The summed E-state index contributed by atoms with van der Waals surface area (Å²) in [6, 6.07) is 5.08. The second-order valence-electron chi connectivity index (χ2n) is 3.87. The van der Waals surface area contributed by atoms with Crippen LogP contribution in [0, 0.1) is 5.82 Å². The third-order valence-corrected chi connectivity index (χ3v) is 3.28. The lowest BCUT2D eigenvalue weighted by Gasteiger charge is -2.16. The SMILES string of the molecule is CN(CCCS)CCc1cc(Br)ccc1F. The van der Waals surface area contributed by atoms with Gasteiger partial charge in [0.1, 0.15) is 5.82 Å². The molecular weight excluding hydrogens is 289 g/mol. The lowest BCUT2D eigenvalue weighted by molar-refractivity contribution is 0.338. The fraction of sp³-hybridized carbons (Fsp3) is 0.500. The molecule has 0 bridgehead atoms. The quantitative estimate of drug-likeness (QED) is 0.789. The van der Waals surface area contributed by atoms with Crippen molar-refractivity contribution in [3.8, 4) is 0 Å². The van der Waals surface area contributed by atoms with E-state index in [9.17, 15) is 4.39 Å². The number of benzene rings is 1. The summed E-state index contributed by atoms with van der Waals surface area (Å²) in [7, 11) is 2.05. The fourth-order valence-corrected chi connectivity index (χ4v) is 2.05. The highest BCUT2D eigenvalue weighted by Crippen LogP contribution is 2.16. The van der Waals surface area contributed by atoms with E-state index in [-0.39, 0.29) is 5.82 Å². The minimum atomic E-state index is -0.120. The molecule has 0 aliphatic heterocycles. The number of hydrogen-bond donors (Lipinski definition) is 1. The van der Waals surface area contributed by atoms with E-state index in [0.29, 0.717) is 0 Å². The van der Waals surface area contributed by atoms with Crippen LogP contribution in [0.25, 0.3) is 0 Å². The Morgan fingerprint density at radius 1 is 1.38 bits per heavy atom. The van der Waals surface area contributed by atoms with E-state index >= 15 is 0 Å². The number of nitrogens with zero attached hydrogens (tertiary/aromatic N) is 1. The maximum atomic E-state index is 13.4. The topological polar surface area (TPSA) is 3.24 Å². The zero-order chi connectivity index (χ0) is 12.0. The van der Waals surface area contributed by atoms with Gasteiger partial charge in [0.15, 0.2) is 0 Å². The molecule has 0 spiro atoms. The maximum absolute atomic E-state index is 13.4. The first-order valence-corrected chi connectivity index (χ1v) is 6.79. The Balaban J connectivity index is 2.44. The van der Waals surface area contributed by atoms with Crippen LogP contribution in [-0.2, 0) is 6.42 Å². The molecule has 1 rings (SSSR count). The lowest BCUT2D eigenvalue weighted by Crippen LogP contribution is -2.23. The lowest BCUT2D eigenvalue weighted by atomic mass is 10.1. The highest BCUT2D eigenvalue weighted by Gasteiger charge is 2.04. The molecule has 0 amide bonds. The molecule has 0 aromatic heterocycles. The summed E-state index contributed by atoms with van der Waals surface area (Å²) in [6.45, 7) is 1.89. The van der Waals surface area contributed by atoms with Crippen molar-refractivity contribution in [2.45, 2.75) is 12.8 Å². The zero-order valence-electron chi connectivity index (χ0n) is 9.42. The Morgan fingerprint density at radius 2 is 2.12 bits per heavy atom. The second kappa shape index (κ2) is 7.30. The minimum Gasteiger partial charge on any atom is -0.306 e. The van der Waals surface area contributed by atoms with E-state index in [1.54, 1.807) is 6.07 Å². The van der Waals surface area contributed by atoms with Crippen LogP contribution in [0.3, 0.4) is 0 Å². The van der Waals surface area contributed by atoms with Gasteiger partial charge in [-0.3, -0.25) is 0 Å². The Bertz CT molecular complexity index is 333. The van der Waals surface area contributed by atoms with Crippen molar-refractivity contribution in [3.05, 3.63) is 34.1 Å². The van der Waals surface area contributed by atoms with Gasteiger partial charge in [-0.15, -0.1) is 0 Å². The molecule has 0 saturated carbocycles. The van der Waals surface area contributed by atoms with Gasteiger partial charge in [-0.2, -0.15) is 12.6 Å². The van der Waals surface area contributed by atoms with Gasteiger partial charge in [0.2, 0.25) is 0 Å². The van der Waals surface area contributed by atoms with Crippen LogP contribution >= 0.6 is 28.6 Å². The Kier molecular flexibility index (Phi) is 6.39. The summed E-state index contributed by atoms with van der Waals surface area (Å²) in [6.07, 6.45) is 1.81. The van der Waals surface area contributed by atoms with Crippen molar-refractivity contribution >= 4 is 28.6 Å². The summed E-state index contributed by atoms with van der Waals surface area (Å²) in [5, 5.41) is 0. The fourth-order valence-electron chi connectivity index (χ4n) is 1.50. The molecule has 1 nitrogen and oxygen atoms in total. The van der Waals surface area contributed by atoms with Crippen LogP contribution in [0.5, 0.6) is 0 Å². The molecule has 16 heavy (non-hydrogen) atoms. The standard InChI is InChI=1S/C12H17BrFNS/c1-15(6-2-8-16)7-5-10-9-11(13)3-4-12(10)14/h3-4,9,16H,2,5-8H2,1H3. The van der Waals surface area contributed by atoms with Crippen LogP contribution in [0.1, 0.15) is 12.0 Å². The monoisotopic (exact) mass is 305 g/mol. The first-order chi connectivity index (χ1) is 7.63. The van der Waals surface area contributed by atoms with Crippen LogP contribution in [0.4, 0.5) is 4.39 Å². The molecule has 0 heterocycles. The summed E-state index contributed by atoms with van der Waals surface area (Å²) >= 11 is 7.53. The molecule has 1 aromatic rings. The molecule has 0 unspecified atom stereocenters. The predicted molar refractivity (Wildman–Crippen MR) is 73.8 cm³/mol. The van der Waals surface area contributed by atoms with E-state index in [2.05, 4.69) is 40.5 Å². The zero-order valence-corrected chi connectivity index (χ0v) is 11.9. The summed E-state index contributed by atoms with van der Waals surface area (Å²) in [4.78, 5) is 2.20. The van der Waals surface area contributed by atoms with E-state index < -0.39 is 0 Å². The Hall–Kier alpha value is -0.0600. The molecule has 0 radical (unpaired) electrons. The van der Waals surface area contributed by atoms with Crippen molar-refractivity contribution in [3.63, 3.8) is 0 Å². The molecule has 1 aromatic carbocycles. The van der Waals surface area contributed by atoms with E-state index in [0.717, 1.165) is 41.7 Å². The molecular formula is C12H17BrFNS. The van der Waals surface area contributed by atoms with Gasteiger partial charge >= 0.3 is 0 Å². The summed E-state index contributed by atoms with van der Waals surface area (Å²) < 4.78 is 14.4. The van der Waals surface area contributed by atoms with Crippen LogP contribution in [-0.4, -0.2) is 30.8 Å². The average molecular weight is 306 g/mol. The van der Waals surface area contributed by atoms with Gasteiger partial charge in [-0.1, -0.05) is 15.9 Å². The van der Waals surface area contributed by atoms with Gasteiger partial charge in [-0.05, 0) is 55.9 Å². The number of halogens is 2. The van der Waals surface area contributed by atoms with Crippen LogP contribution in [0.15, 0.2) is 22.7 Å². The largest absolute Gasteiger partial charge is 0.306 e. The highest BCUT2D eigenvalue weighted by atomic mass is 79.9. The van der Waals surface area contributed by atoms with E-state index in [1.807, 2.05) is 6.07 Å². The molecule has 4 heteroatoms. The number of likely N-dealkylation sites (N-methyl/N-ethyl adjacent to an activating group) is 1. The molecule has 90 valence electrons. The van der Waals surface area contributed by atoms with E-state index in [4.69, 9.17) is 0 Å². The third kappa shape index (κ3) is 4.85. The summed E-state index contributed by atoms with van der Waals surface area (Å²) in [5.41, 5.74) is 0.770. The molecule has 0 fully saturated rings. The third-order valence-electron chi connectivity index (χ3n) is 2.47. The Morgan fingerprint density at radius 3 is 2.81 bits per heavy atom. The van der Waals surface area contributed by atoms with Crippen molar-refractivity contribution in [1.29, 1.82) is 0 Å². The molecule has 0 saturated heterocycles. The van der Waals surface area contributed by atoms with Crippen molar-refractivity contribution < 1.29 is 4.39 Å². The van der Waals surface area contributed by atoms with Crippen LogP contribution in [0.2, 0.25) is 0 Å². The highest BCUT2D eigenvalue weighted by molar-refractivity contribution is 9.10. The van der Waals surface area contributed by atoms with Gasteiger partial charge in [-0.25, -0.2) is 4.39 Å². The van der Waals surface area contributed by atoms with Crippen molar-refractivity contribution in [2.75, 3.05) is 25.9 Å². The normalized spacial score (nSPS) is 11.1. The van der Waals surface area contributed by atoms with E-state index in [1.165, 1.54) is 6.07 Å². The van der Waals surface area contributed by atoms with Crippen molar-refractivity contribution in [1.82, 2.24) is 4.90 Å². The molecule has 0 aliphatic rings. The molecule has 0 atom stereocenters. The minimum absolute atomic E-state index is 0.120. The van der Waals surface area contributed by atoms with Gasteiger partial charge in [0.25, 0.3) is 0 Å². The second-order valence-corrected chi connectivity index (χ2v) is 5.23. The van der Waals surface area contributed by atoms with Gasteiger partial charge in [0.05, 0.1) is 0 Å². The number of hydrogen-bond acceptors (Lipinski definition) is 2. The van der Waals surface area contributed by atoms with Crippen molar-refractivity contribution in [2.24, 2.45) is 0 Å². The Labute approximate surface area is 111 Å². The first kappa shape index (κ1) is 14.0. The maximum Gasteiger partial charge on any atom is 0.126 e. The number of thiol groups is 1. The predicted octanol–water partition coefficient (Wildman–Crippen LogP) is 3.38. The van der Waals surface area contributed by atoms with Crippen LogP contribution < -0.4 is 0 Å². The molecule has 0 aliphatic carbocycles. The average Bonchev–Trinajstić information content (AvgIpc) is 2.27.